The first kappa shape index (κ1) is 20.7. The first-order valence-corrected chi connectivity index (χ1v) is 16.0. The molecule has 0 unspecified atom stereocenters. The van der Waals surface area contributed by atoms with E-state index in [9.17, 15) is 0 Å². The van der Waals surface area contributed by atoms with E-state index in [0.29, 0.717) is 22.5 Å². The summed E-state index contributed by atoms with van der Waals surface area (Å²) in [6.45, 7) is 0. The van der Waals surface area contributed by atoms with Crippen molar-refractivity contribution in [3.63, 3.8) is 0 Å². The molecule has 8 rings (SSSR count). The molecule has 1 nitrogen and oxygen atoms in total. The van der Waals surface area contributed by atoms with Gasteiger partial charge < -0.3 is 4.90 Å². The van der Waals surface area contributed by atoms with E-state index in [1.807, 2.05) is 89.8 Å². The van der Waals surface area contributed by atoms with E-state index in [0.717, 1.165) is 39.1 Å². The molecule has 0 N–H and O–H groups in total. The fourth-order valence-electron chi connectivity index (χ4n) is 6.21. The molecule has 0 atom stereocenters. The van der Waals surface area contributed by atoms with Gasteiger partial charge in [-0.05, 0) is 80.4 Å². The maximum absolute atomic E-state index is 8.58. The Kier molecular flexibility index (Phi) is 5.81. The summed E-state index contributed by atoms with van der Waals surface area (Å²) in [4.78, 5) is 2.05. The molecule has 0 fully saturated rings. The second kappa shape index (κ2) is 13.7. The number of benzene rings is 8. The molecule has 0 bridgehead atoms. The summed E-state index contributed by atoms with van der Waals surface area (Å²) in [5.41, 5.74) is 9.46. The van der Waals surface area contributed by atoms with E-state index >= 15 is 0 Å². The molecular formula is C48H35N. The zero-order chi connectivity index (χ0) is 41.5. The Morgan fingerprint density at radius 2 is 0.673 bits per heavy atom. The van der Waals surface area contributed by atoms with E-state index in [4.69, 9.17) is 13.7 Å². The molecule has 0 aliphatic heterocycles. The van der Waals surface area contributed by atoms with Crippen molar-refractivity contribution in [3.8, 4) is 55.6 Å². The van der Waals surface area contributed by atoms with Crippen LogP contribution >= 0.6 is 0 Å². The molecule has 0 aliphatic carbocycles. The SMILES string of the molecule is [2H]c1c([2H])c([2H])c(-c2ccc(N(c3ccc(-c4c([2H])c([2H])c([2H])c([2H])c4[2H])cc3)c3ccccc3-c3ccccc3-c3ccccc3-c3ccccc3)cc2)c([2H])c1[2H]. The summed E-state index contributed by atoms with van der Waals surface area (Å²) >= 11 is 0. The van der Waals surface area contributed by atoms with Crippen molar-refractivity contribution >= 4 is 17.1 Å². The molecule has 0 heterocycles. The van der Waals surface area contributed by atoms with Crippen molar-refractivity contribution < 1.29 is 13.7 Å². The van der Waals surface area contributed by atoms with Crippen LogP contribution in [0.3, 0.4) is 0 Å². The Morgan fingerprint density at radius 1 is 0.286 bits per heavy atom. The minimum atomic E-state index is -0.457. The van der Waals surface area contributed by atoms with Gasteiger partial charge in [0.2, 0.25) is 0 Å². The highest BCUT2D eigenvalue weighted by Gasteiger charge is 2.20. The van der Waals surface area contributed by atoms with E-state index in [1.54, 1.807) is 24.3 Å². The molecule has 8 aromatic rings. The predicted molar refractivity (Wildman–Crippen MR) is 208 cm³/mol. The molecule has 0 aliphatic rings. The van der Waals surface area contributed by atoms with Crippen molar-refractivity contribution in [3.05, 3.63) is 212 Å². The normalized spacial score (nSPS) is 13.7. The molecule has 0 saturated carbocycles. The fourth-order valence-corrected chi connectivity index (χ4v) is 6.21. The second-order valence-corrected chi connectivity index (χ2v) is 11.4. The molecule has 8 aromatic carbocycles. The number of nitrogens with zero attached hydrogens (tertiary/aromatic N) is 1. The number of hydrogen-bond donors (Lipinski definition) is 0. The van der Waals surface area contributed by atoms with Crippen LogP contribution in [0.1, 0.15) is 13.7 Å². The monoisotopic (exact) mass is 635 g/mol. The van der Waals surface area contributed by atoms with Crippen LogP contribution < -0.4 is 4.90 Å². The maximum atomic E-state index is 8.58. The van der Waals surface area contributed by atoms with E-state index in [-0.39, 0.29) is 35.3 Å². The van der Waals surface area contributed by atoms with Crippen molar-refractivity contribution in [2.24, 2.45) is 0 Å². The minimum absolute atomic E-state index is 0.100. The Hall–Kier alpha value is -6.44. The number of anilines is 3. The van der Waals surface area contributed by atoms with Gasteiger partial charge in [-0.2, -0.15) is 0 Å². The zero-order valence-corrected chi connectivity index (χ0v) is 26.4. The van der Waals surface area contributed by atoms with Crippen LogP contribution in [-0.2, 0) is 0 Å². The Morgan fingerprint density at radius 3 is 1.18 bits per heavy atom. The van der Waals surface area contributed by atoms with Crippen LogP contribution in [0.4, 0.5) is 17.1 Å². The number of para-hydroxylation sites is 1. The standard InChI is InChI=1S/C48H35N/c1-4-16-36(17-5-1)38-28-32-41(33-29-38)49(42-34-30-39(31-35-42)37-18-6-2-7-19-37)48-27-15-14-26-47(48)46-25-13-12-24-45(46)44-23-11-10-22-43(44)40-20-8-3-9-21-40/h1-35H/i1D,2D,4D,5D,6D,7D,16D,17D,18D,19D. The van der Waals surface area contributed by atoms with Gasteiger partial charge in [0, 0.05) is 16.9 Å². The average molecular weight is 636 g/mol. The van der Waals surface area contributed by atoms with Crippen molar-refractivity contribution in [1.82, 2.24) is 0 Å². The molecule has 232 valence electrons. The van der Waals surface area contributed by atoms with Gasteiger partial charge in [0.05, 0.1) is 19.4 Å². The number of rotatable bonds is 8. The fraction of sp³-hybridized carbons (Fsp3) is 0. The third-order valence-electron chi connectivity index (χ3n) is 8.49. The van der Waals surface area contributed by atoms with Gasteiger partial charge in [-0.3, -0.25) is 0 Å². The first-order chi connectivity index (χ1) is 28.5. The maximum Gasteiger partial charge on any atom is 0.0629 e. The zero-order valence-electron chi connectivity index (χ0n) is 36.4. The van der Waals surface area contributed by atoms with Crippen molar-refractivity contribution in [1.29, 1.82) is 0 Å². The molecule has 0 amide bonds. The van der Waals surface area contributed by atoms with E-state index < -0.39 is 36.3 Å². The van der Waals surface area contributed by atoms with E-state index in [2.05, 4.69) is 42.5 Å². The van der Waals surface area contributed by atoms with Crippen LogP contribution in [0, 0.1) is 0 Å². The third kappa shape index (κ3) is 6.18. The van der Waals surface area contributed by atoms with Gasteiger partial charge in [-0.1, -0.05) is 182 Å². The molecular weight excluding hydrogens is 591 g/mol. The summed E-state index contributed by atoms with van der Waals surface area (Å²) in [7, 11) is 0. The summed E-state index contributed by atoms with van der Waals surface area (Å²) < 4.78 is 83.4. The summed E-state index contributed by atoms with van der Waals surface area (Å²) in [6.07, 6.45) is 0. The Balaban J connectivity index is 1.32. The van der Waals surface area contributed by atoms with Crippen molar-refractivity contribution in [2.75, 3.05) is 4.90 Å². The molecule has 0 radical (unpaired) electrons. The minimum Gasteiger partial charge on any atom is -0.310 e. The van der Waals surface area contributed by atoms with Crippen LogP contribution in [0.2, 0.25) is 0 Å². The molecule has 0 spiro atoms. The van der Waals surface area contributed by atoms with Gasteiger partial charge in [0.15, 0.2) is 0 Å². The van der Waals surface area contributed by atoms with Crippen molar-refractivity contribution in [2.45, 2.75) is 0 Å². The lowest BCUT2D eigenvalue weighted by Crippen LogP contribution is -2.11. The van der Waals surface area contributed by atoms with Gasteiger partial charge >= 0.3 is 0 Å². The van der Waals surface area contributed by atoms with Gasteiger partial charge in [0.25, 0.3) is 0 Å². The highest BCUT2D eigenvalue weighted by molar-refractivity contribution is 5.97. The third-order valence-corrected chi connectivity index (χ3v) is 8.49. The van der Waals surface area contributed by atoms with E-state index in [1.165, 1.54) is 0 Å². The molecule has 49 heavy (non-hydrogen) atoms. The average Bonchev–Trinajstić information content (AvgIpc) is 3.28. The topological polar surface area (TPSA) is 3.24 Å². The van der Waals surface area contributed by atoms with Gasteiger partial charge in [0.1, 0.15) is 0 Å². The lowest BCUT2D eigenvalue weighted by atomic mass is 9.88. The molecule has 0 aromatic heterocycles. The van der Waals surface area contributed by atoms with Crippen LogP contribution in [0.5, 0.6) is 0 Å². The Bertz CT molecular complexity index is 2710. The van der Waals surface area contributed by atoms with Gasteiger partial charge in [-0.25, -0.2) is 0 Å². The Labute approximate surface area is 303 Å². The smallest absolute Gasteiger partial charge is 0.0629 e. The lowest BCUT2D eigenvalue weighted by molar-refractivity contribution is 1.28. The lowest BCUT2D eigenvalue weighted by Gasteiger charge is -2.29. The van der Waals surface area contributed by atoms with Crippen LogP contribution in [0.25, 0.3) is 55.6 Å². The highest BCUT2D eigenvalue weighted by atomic mass is 15.1. The predicted octanol–water partition coefficient (Wildman–Crippen LogP) is 13.5. The second-order valence-electron chi connectivity index (χ2n) is 11.4. The van der Waals surface area contributed by atoms with Crippen LogP contribution in [0.15, 0.2) is 212 Å². The summed E-state index contributed by atoms with van der Waals surface area (Å²) in [5.74, 6) is 0. The molecule has 0 saturated heterocycles. The largest absolute Gasteiger partial charge is 0.310 e. The van der Waals surface area contributed by atoms with Crippen LogP contribution in [-0.4, -0.2) is 0 Å². The first-order valence-electron chi connectivity index (χ1n) is 21.0. The highest BCUT2D eigenvalue weighted by Crippen LogP contribution is 2.45. The number of hydrogen-bond acceptors (Lipinski definition) is 1. The van der Waals surface area contributed by atoms with Gasteiger partial charge in [-0.15, -0.1) is 0 Å². The summed E-state index contributed by atoms with van der Waals surface area (Å²) in [5, 5.41) is 0. The summed E-state index contributed by atoms with van der Waals surface area (Å²) in [6, 6.07) is 45.4. The quantitative estimate of drug-likeness (QED) is 0.161. The molecule has 1 heteroatoms.